The van der Waals surface area contributed by atoms with Crippen molar-refractivity contribution in [3.63, 3.8) is 0 Å². The van der Waals surface area contributed by atoms with Gasteiger partial charge in [0.1, 0.15) is 28.2 Å². The van der Waals surface area contributed by atoms with Crippen molar-refractivity contribution in [2.24, 2.45) is 0 Å². The first-order valence-corrected chi connectivity index (χ1v) is 10.4. The number of hydrogen-bond donors (Lipinski definition) is 0. The minimum Gasteiger partial charge on any atom is -0.243 e. The molecule has 0 fully saturated rings. The van der Waals surface area contributed by atoms with E-state index in [4.69, 9.17) is 14.6 Å². The van der Waals surface area contributed by atoms with Gasteiger partial charge < -0.3 is 0 Å². The van der Waals surface area contributed by atoms with Crippen LogP contribution in [0, 0.1) is 25.5 Å². The summed E-state index contributed by atoms with van der Waals surface area (Å²) in [6, 6.07) is 19.1. The summed E-state index contributed by atoms with van der Waals surface area (Å²) in [7, 11) is 0. The van der Waals surface area contributed by atoms with E-state index in [1.165, 1.54) is 0 Å². The molecule has 0 radical (unpaired) electrons. The van der Waals surface area contributed by atoms with Gasteiger partial charge in [-0.2, -0.15) is 0 Å². The monoisotopic (exact) mass is 438 g/mol. The number of rotatable bonds is 2. The molecule has 0 saturated carbocycles. The molecule has 0 aliphatic carbocycles. The molecular formula is C26H16F2N4O. The number of benzene rings is 4. The maximum atomic E-state index is 15.7. The van der Waals surface area contributed by atoms with E-state index < -0.39 is 11.6 Å². The van der Waals surface area contributed by atoms with Crippen molar-refractivity contribution in [1.82, 2.24) is 20.3 Å². The number of hydrogen-bond acceptors (Lipinski definition) is 5. The molecule has 0 aliphatic rings. The summed E-state index contributed by atoms with van der Waals surface area (Å²) in [6.45, 7) is 3.18. The zero-order chi connectivity index (χ0) is 22.7. The highest BCUT2D eigenvalue weighted by Gasteiger charge is 2.26. The second-order valence-corrected chi connectivity index (χ2v) is 7.94. The highest BCUT2D eigenvalue weighted by Crippen LogP contribution is 2.40. The smallest absolute Gasteiger partial charge is 0.146 e. The quantitative estimate of drug-likeness (QED) is 0.287. The summed E-state index contributed by atoms with van der Waals surface area (Å²) in [5.41, 5.74) is 4.24. The molecule has 7 heteroatoms. The zero-order valence-corrected chi connectivity index (χ0v) is 17.7. The minimum absolute atomic E-state index is 0.000114. The van der Waals surface area contributed by atoms with Crippen LogP contribution in [-0.2, 0) is 0 Å². The van der Waals surface area contributed by atoms with Crippen molar-refractivity contribution in [2.45, 2.75) is 13.8 Å². The third kappa shape index (κ3) is 2.75. The molecule has 33 heavy (non-hydrogen) atoms. The highest BCUT2D eigenvalue weighted by atomic mass is 19.1. The number of halogens is 2. The molecular weight excluding hydrogens is 422 g/mol. The summed E-state index contributed by atoms with van der Waals surface area (Å²) in [4.78, 5) is 9.74. The number of nitrogens with zero attached hydrogens (tertiary/aromatic N) is 4. The van der Waals surface area contributed by atoms with Gasteiger partial charge in [-0.05, 0) is 24.2 Å². The molecule has 6 aromatic rings. The topological polar surface area (TPSA) is 64.7 Å². The first-order chi connectivity index (χ1) is 16.1. The standard InChI is InChI=1S/C26H16F2N4O/c1-13-19(27)18-17(20(28)14(2)22-26(18)32-33-31-22)25-21(13)29-23(15-9-5-3-6-10-15)24(30-25)16-11-7-4-8-12-16/h3-12H,1-2H3. The van der Waals surface area contributed by atoms with Crippen molar-refractivity contribution in [3.8, 4) is 22.5 Å². The van der Waals surface area contributed by atoms with Gasteiger partial charge in [0.2, 0.25) is 0 Å². The Morgan fingerprint density at radius 3 is 1.61 bits per heavy atom. The van der Waals surface area contributed by atoms with Crippen molar-refractivity contribution >= 4 is 32.8 Å². The maximum absolute atomic E-state index is 15.7. The van der Waals surface area contributed by atoms with Gasteiger partial charge in [-0.1, -0.05) is 60.7 Å². The Kier molecular flexibility index (Phi) is 4.20. The molecule has 5 nitrogen and oxygen atoms in total. The van der Waals surface area contributed by atoms with Crippen molar-refractivity contribution in [2.75, 3.05) is 0 Å². The molecule has 0 N–H and O–H groups in total. The molecule has 0 atom stereocenters. The van der Waals surface area contributed by atoms with Gasteiger partial charge in [0, 0.05) is 22.3 Å². The van der Waals surface area contributed by atoms with Crippen LogP contribution in [0.15, 0.2) is 65.3 Å². The predicted octanol–water partition coefficient (Wildman–Crippen LogP) is 6.55. The largest absolute Gasteiger partial charge is 0.243 e. The van der Waals surface area contributed by atoms with E-state index in [-0.39, 0.29) is 38.4 Å². The molecule has 0 spiro atoms. The van der Waals surface area contributed by atoms with Gasteiger partial charge in [0.25, 0.3) is 0 Å². The third-order valence-electron chi connectivity index (χ3n) is 6.01. The molecule has 2 aromatic heterocycles. The van der Waals surface area contributed by atoms with Crippen LogP contribution >= 0.6 is 0 Å². The van der Waals surface area contributed by atoms with Crippen molar-refractivity contribution in [3.05, 3.63) is 83.4 Å². The number of aryl methyl sites for hydroxylation is 2. The van der Waals surface area contributed by atoms with E-state index in [1.807, 2.05) is 60.7 Å². The molecule has 0 bridgehead atoms. The molecule has 160 valence electrons. The maximum Gasteiger partial charge on any atom is 0.146 e. The van der Waals surface area contributed by atoms with Gasteiger partial charge in [0.15, 0.2) is 0 Å². The Balaban J connectivity index is 1.86. The van der Waals surface area contributed by atoms with E-state index >= 15 is 8.78 Å². The zero-order valence-electron chi connectivity index (χ0n) is 17.7. The number of aromatic nitrogens is 4. The van der Waals surface area contributed by atoms with Crippen LogP contribution in [0.5, 0.6) is 0 Å². The van der Waals surface area contributed by atoms with Crippen molar-refractivity contribution < 1.29 is 13.4 Å². The Bertz CT molecular complexity index is 1700. The summed E-state index contributed by atoms with van der Waals surface area (Å²) < 4.78 is 36.1. The fourth-order valence-corrected chi connectivity index (χ4v) is 4.31. The second kappa shape index (κ2) is 7.13. The molecule has 2 heterocycles. The summed E-state index contributed by atoms with van der Waals surface area (Å²) in [6.07, 6.45) is 0. The van der Waals surface area contributed by atoms with Gasteiger partial charge in [-0.3, -0.25) is 0 Å². The van der Waals surface area contributed by atoms with Crippen LogP contribution < -0.4 is 0 Å². The van der Waals surface area contributed by atoms with E-state index in [0.29, 0.717) is 16.9 Å². The lowest BCUT2D eigenvalue weighted by atomic mass is 9.97. The molecule has 0 unspecified atom stereocenters. The van der Waals surface area contributed by atoms with E-state index in [0.717, 1.165) is 11.1 Å². The predicted molar refractivity (Wildman–Crippen MR) is 123 cm³/mol. The normalized spacial score (nSPS) is 11.6. The van der Waals surface area contributed by atoms with Gasteiger partial charge >= 0.3 is 0 Å². The van der Waals surface area contributed by atoms with E-state index in [2.05, 4.69) is 10.3 Å². The van der Waals surface area contributed by atoms with Crippen LogP contribution in [0.25, 0.3) is 55.4 Å². The van der Waals surface area contributed by atoms with Crippen LogP contribution in [0.4, 0.5) is 8.78 Å². The third-order valence-corrected chi connectivity index (χ3v) is 6.01. The Morgan fingerprint density at radius 2 is 1.03 bits per heavy atom. The molecule has 0 aliphatic heterocycles. The molecule has 4 aromatic carbocycles. The summed E-state index contributed by atoms with van der Waals surface area (Å²) in [5, 5.41) is 7.66. The summed E-state index contributed by atoms with van der Waals surface area (Å²) in [5.74, 6) is -1.23. The summed E-state index contributed by atoms with van der Waals surface area (Å²) >= 11 is 0. The van der Waals surface area contributed by atoms with E-state index in [9.17, 15) is 0 Å². The minimum atomic E-state index is -0.613. The van der Waals surface area contributed by atoms with Crippen molar-refractivity contribution in [1.29, 1.82) is 0 Å². The highest BCUT2D eigenvalue weighted by molar-refractivity contribution is 6.16. The van der Waals surface area contributed by atoms with Crippen LogP contribution in [0.3, 0.4) is 0 Å². The molecule has 0 saturated heterocycles. The van der Waals surface area contributed by atoms with Gasteiger partial charge in [0.05, 0.1) is 27.7 Å². The van der Waals surface area contributed by atoms with Crippen LogP contribution in [0.1, 0.15) is 11.1 Å². The first-order valence-electron chi connectivity index (χ1n) is 10.4. The average molecular weight is 438 g/mol. The fourth-order valence-electron chi connectivity index (χ4n) is 4.31. The first kappa shape index (κ1) is 19.4. The van der Waals surface area contributed by atoms with E-state index in [1.54, 1.807) is 13.8 Å². The second-order valence-electron chi connectivity index (χ2n) is 7.94. The van der Waals surface area contributed by atoms with Gasteiger partial charge in [-0.25, -0.2) is 23.4 Å². The lowest BCUT2D eigenvalue weighted by molar-refractivity contribution is 0.315. The van der Waals surface area contributed by atoms with Gasteiger partial charge in [-0.15, -0.1) is 0 Å². The lowest BCUT2D eigenvalue weighted by Gasteiger charge is -2.15. The SMILES string of the molecule is Cc1c(F)c2c3nonc3c(C)c(F)c2c2nc(-c3ccccc3)c(-c3ccccc3)nc12. The Morgan fingerprint density at radius 1 is 0.576 bits per heavy atom. The lowest BCUT2D eigenvalue weighted by Crippen LogP contribution is -2.02. The van der Waals surface area contributed by atoms with Crippen LogP contribution in [-0.4, -0.2) is 20.3 Å². The fraction of sp³-hybridized carbons (Fsp3) is 0.0769. The van der Waals surface area contributed by atoms with Crippen LogP contribution in [0.2, 0.25) is 0 Å². The Hall–Kier alpha value is -4.26. The molecule has 0 amide bonds. The average Bonchev–Trinajstić information content (AvgIpc) is 3.35. The molecule has 6 rings (SSSR count). The number of fused-ring (bicyclic) bond motifs is 5. The Labute approximate surface area is 186 Å².